The third kappa shape index (κ3) is 4.83. The van der Waals surface area contributed by atoms with Gasteiger partial charge < -0.3 is 14.6 Å². The number of alkyl halides is 3. The van der Waals surface area contributed by atoms with Gasteiger partial charge in [0.05, 0.1) is 5.92 Å². The lowest BCUT2D eigenvalue weighted by Gasteiger charge is -2.41. The van der Waals surface area contributed by atoms with E-state index in [-0.39, 0.29) is 5.92 Å². The van der Waals surface area contributed by atoms with Crippen molar-refractivity contribution in [3.05, 3.63) is 24.3 Å². The van der Waals surface area contributed by atoms with E-state index in [0.29, 0.717) is 25.0 Å². The lowest BCUT2D eigenvalue weighted by Crippen LogP contribution is -2.51. The van der Waals surface area contributed by atoms with Crippen molar-refractivity contribution in [1.29, 1.82) is 0 Å². The van der Waals surface area contributed by atoms with Crippen molar-refractivity contribution in [2.24, 2.45) is 5.92 Å². The smallest absolute Gasteiger partial charge is 0.405 e. The van der Waals surface area contributed by atoms with Crippen LogP contribution in [0.4, 0.5) is 19.2 Å². The van der Waals surface area contributed by atoms with Crippen LogP contribution in [0.15, 0.2) is 28.7 Å². The molecule has 0 radical (unpaired) electrons. The molecule has 0 spiro atoms. The number of carbonyl (C=O) groups excluding carboxylic acids is 1. The van der Waals surface area contributed by atoms with Gasteiger partial charge in [-0.15, -0.1) is 0 Å². The number of nitrogens with zero attached hydrogens (tertiary/aromatic N) is 3. The van der Waals surface area contributed by atoms with Crippen LogP contribution in [0.1, 0.15) is 25.7 Å². The van der Waals surface area contributed by atoms with Crippen LogP contribution in [0, 0.1) is 5.92 Å². The Morgan fingerprint density at radius 2 is 1.93 bits per heavy atom. The number of likely N-dealkylation sites (tertiary alicyclic amines) is 1. The second-order valence-corrected chi connectivity index (χ2v) is 7.85. The zero-order valence-corrected chi connectivity index (χ0v) is 16.1. The summed E-state index contributed by atoms with van der Waals surface area (Å²) in [6, 6.07) is 8.63. The number of para-hydroxylation sites is 2. The lowest BCUT2D eigenvalue weighted by atomic mass is 9.93. The monoisotopic (exact) mass is 410 g/mol. The van der Waals surface area contributed by atoms with Gasteiger partial charge in [-0.1, -0.05) is 12.1 Å². The number of oxazole rings is 1. The number of hydrogen-bond donors (Lipinski definition) is 1. The molecule has 1 atom stereocenters. The number of hydrogen-bond acceptors (Lipinski definition) is 5. The maximum Gasteiger partial charge on any atom is 0.405 e. The van der Waals surface area contributed by atoms with Crippen molar-refractivity contribution < 1.29 is 22.4 Å². The van der Waals surface area contributed by atoms with Crippen LogP contribution in [0.2, 0.25) is 0 Å². The summed E-state index contributed by atoms with van der Waals surface area (Å²) in [5.74, 6) is -0.864. The average Bonchev–Trinajstić information content (AvgIpc) is 3.16. The van der Waals surface area contributed by atoms with Crippen molar-refractivity contribution in [2.45, 2.75) is 37.9 Å². The van der Waals surface area contributed by atoms with Gasteiger partial charge in [-0.25, -0.2) is 0 Å². The number of carbonyl (C=O) groups is 1. The molecule has 3 heterocycles. The molecular weight excluding hydrogens is 385 g/mol. The maximum atomic E-state index is 12.4. The maximum absolute atomic E-state index is 12.4. The Labute approximate surface area is 167 Å². The molecule has 2 aromatic rings. The lowest BCUT2D eigenvalue weighted by molar-refractivity contribution is -0.142. The Balaban J connectivity index is 1.30. The first-order valence-electron chi connectivity index (χ1n) is 10.1. The van der Waals surface area contributed by atoms with Gasteiger partial charge in [0.2, 0.25) is 5.91 Å². The molecule has 9 heteroatoms. The third-order valence-electron chi connectivity index (χ3n) is 5.82. The molecule has 0 bridgehead atoms. The molecule has 0 saturated carbocycles. The molecule has 2 aliphatic heterocycles. The van der Waals surface area contributed by atoms with Crippen molar-refractivity contribution in [1.82, 2.24) is 15.2 Å². The number of amides is 1. The van der Waals surface area contributed by atoms with Crippen LogP contribution in [0.3, 0.4) is 0 Å². The molecule has 29 heavy (non-hydrogen) atoms. The Morgan fingerprint density at radius 1 is 1.17 bits per heavy atom. The number of anilines is 1. The van der Waals surface area contributed by atoms with E-state index in [2.05, 4.69) is 14.8 Å². The number of fused-ring (bicyclic) bond motifs is 1. The summed E-state index contributed by atoms with van der Waals surface area (Å²) in [5, 5.41) is 2.04. The van der Waals surface area contributed by atoms with E-state index in [0.717, 1.165) is 50.0 Å². The second kappa shape index (κ2) is 8.22. The zero-order chi connectivity index (χ0) is 20.4. The minimum absolute atomic E-state index is 0.328. The molecule has 1 aromatic carbocycles. The van der Waals surface area contributed by atoms with Crippen LogP contribution >= 0.6 is 0 Å². The number of nitrogens with one attached hydrogen (secondary N) is 1. The normalized spacial score (nSPS) is 22.2. The van der Waals surface area contributed by atoms with Gasteiger partial charge >= 0.3 is 6.18 Å². The van der Waals surface area contributed by atoms with Gasteiger partial charge in [-0.2, -0.15) is 18.2 Å². The second-order valence-electron chi connectivity index (χ2n) is 7.85. The van der Waals surface area contributed by atoms with E-state index in [1.165, 1.54) is 0 Å². The molecule has 1 aromatic heterocycles. The standard InChI is InChI=1S/C20H25F3N4O2/c21-20(22,23)13-24-18(28)14-4-3-9-27(12-14)15-7-10-26(11-8-15)19-25-16-5-1-2-6-17(16)29-19/h1-2,5-6,14-15H,3-4,7-13H2,(H,24,28)/t14-/m0/s1. The minimum Gasteiger partial charge on any atom is -0.423 e. The fraction of sp³-hybridized carbons (Fsp3) is 0.600. The van der Waals surface area contributed by atoms with Crippen molar-refractivity contribution >= 4 is 23.0 Å². The van der Waals surface area contributed by atoms with E-state index in [4.69, 9.17) is 4.42 Å². The first kappa shape index (κ1) is 20.0. The van der Waals surface area contributed by atoms with Gasteiger partial charge in [0, 0.05) is 25.7 Å². The summed E-state index contributed by atoms with van der Waals surface area (Å²) in [4.78, 5) is 21.1. The van der Waals surface area contributed by atoms with Crippen molar-refractivity contribution in [3.8, 4) is 0 Å². The van der Waals surface area contributed by atoms with Gasteiger partial charge in [-0.05, 0) is 44.4 Å². The van der Waals surface area contributed by atoms with Crippen LogP contribution in [0.5, 0.6) is 0 Å². The molecule has 1 N–H and O–H groups in total. The molecule has 0 unspecified atom stereocenters. The first-order chi connectivity index (χ1) is 13.9. The fourth-order valence-electron chi connectivity index (χ4n) is 4.30. The third-order valence-corrected chi connectivity index (χ3v) is 5.82. The van der Waals surface area contributed by atoms with E-state index < -0.39 is 18.6 Å². The van der Waals surface area contributed by atoms with Crippen molar-refractivity contribution in [3.63, 3.8) is 0 Å². The summed E-state index contributed by atoms with van der Waals surface area (Å²) in [6.07, 6.45) is -1.08. The summed E-state index contributed by atoms with van der Waals surface area (Å²) < 4.78 is 42.9. The molecular formula is C20H25F3N4O2. The predicted octanol–water partition coefficient (Wildman–Crippen LogP) is 3.19. The Morgan fingerprint density at radius 3 is 2.66 bits per heavy atom. The summed E-state index contributed by atoms with van der Waals surface area (Å²) in [7, 11) is 0. The molecule has 158 valence electrons. The van der Waals surface area contributed by atoms with Crippen LogP contribution in [-0.4, -0.2) is 60.7 Å². The molecule has 4 rings (SSSR count). The Bertz CT molecular complexity index is 813. The molecule has 2 fully saturated rings. The SMILES string of the molecule is O=C(NCC(F)(F)F)[C@H]1CCCN(C2CCN(c3nc4ccccc4o3)CC2)C1. The van der Waals surface area contributed by atoms with Gasteiger partial charge in [0.25, 0.3) is 6.01 Å². The fourth-order valence-corrected chi connectivity index (χ4v) is 4.30. The summed E-state index contributed by atoms with van der Waals surface area (Å²) in [6.45, 7) is 1.76. The molecule has 1 amide bonds. The minimum atomic E-state index is -4.37. The summed E-state index contributed by atoms with van der Waals surface area (Å²) in [5.41, 5.74) is 1.61. The quantitative estimate of drug-likeness (QED) is 0.839. The van der Waals surface area contributed by atoms with Crippen molar-refractivity contribution in [2.75, 3.05) is 37.6 Å². The predicted molar refractivity (Wildman–Crippen MR) is 103 cm³/mol. The number of rotatable bonds is 4. The van der Waals surface area contributed by atoms with E-state index in [9.17, 15) is 18.0 Å². The molecule has 2 aliphatic rings. The highest BCUT2D eigenvalue weighted by Gasteiger charge is 2.34. The number of benzene rings is 1. The first-order valence-corrected chi connectivity index (χ1v) is 10.1. The molecule has 2 saturated heterocycles. The van der Waals surface area contributed by atoms with Gasteiger partial charge in [0.1, 0.15) is 12.1 Å². The number of halogens is 3. The Kier molecular flexibility index (Phi) is 5.67. The average molecular weight is 410 g/mol. The van der Waals surface area contributed by atoms with E-state index >= 15 is 0 Å². The van der Waals surface area contributed by atoms with E-state index in [1.807, 2.05) is 29.6 Å². The highest BCUT2D eigenvalue weighted by Crippen LogP contribution is 2.28. The van der Waals surface area contributed by atoms with E-state index in [1.54, 1.807) is 0 Å². The van der Waals surface area contributed by atoms with Crippen LogP contribution in [0.25, 0.3) is 11.1 Å². The summed E-state index contributed by atoms with van der Waals surface area (Å²) >= 11 is 0. The molecule has 6 nitrogen and oxygen atoms in total. The highest BCUT2D eigenvalue weighted by molar-refractivity contribution is 5.79. The number of aromatic nitrogens is 1. The Hall–Kier alpha value is -2.29. The topological polar surface area (TPSA) is 61.6 Å². The highest BCUT2D eigenvalue weighted by atomic mass is 19.4. The zero-order valence-electron chi connectivity index (χ0n) is 16.1. The largest absolute Gasteiger partial charge is 0.423 e. The van der Waals surface area contributed by atoms with Crippen LogP contribution in [-0.2, 0) is 4.79 Å². The van der Waals surface area contributed by atoms with Gasteiger partial charge in [-0.3, -0.25) is 9.69 Å². The molecule has 0 aliphatic carbocycles. The van der Waals surface area contributed by atoms with Crippen LogP contribution < -0.4 is 10.2 Å². The van der Waals surface area contributed by atoms with Gasteiger partial charge in [0.15, 0.2) is 5.58 Å². The number of piperidine rings is 2.